The lowest BCUT2D eigenvalue weighted by Gasteiger charge is -2.42. The molecule has 5 aliphatic rings. The van der Waals surface area contributed by atoms with Gasteiger partial charge in [0.1, 0.15) is 0 Å². The van der Waals surface area contributed by atoms with E-state index in [0.717, 1.165) is 68.8 Å². The smallest absolute Gasteiger partial charge is 0.227 e. The quantitative estimate of drug-likeness (QED) is 0.428. The van der Waals surface area contributed by atoms with Crippen molar-refractivity contribution in [3.63, 3.8) is 0 Å². The number of aromatic nitrogens is 2. The molecule has 1 amide bonds. The summed E-state index contributed by atoms with van der Waals surface area (Å²) in [5.74, 6) is 3.65. The lowest BCUT2D eigenvalue weighted by molar-refractivity contribution is -0.145. The Bertz CT molecular complexity index is 1300. The highest BCUT2D eigenvalue weighted by Crippen LogP contribution is 2.95. The fourth-order valence-electron chi connectivity index (χ4n) is 9.13. The number of rotatable bonds is 10. The van der Waals surface area contributed by atoms with E-state index in [-0.39, 0.29) is 28.6 Å². The summed E-state index contributed by atoms with van der Waals surface area (Å²) in [7, 11) is 0. The first-order chi connectivity index (χ1) is 19.4. The predicted octanol–water partition coefficient (Wildman–Crippen LogP) is 4.93. The van der Waals surface area contributed by atoms with Gasteiger partial charge in [0.2, 0.25) is 5.91 Å². The standard InChI is InChI=1S/C33H46N4O3/c1-4-11-37-27-8-6-5-7-26(27)35-30(37)28(38)17-33-25(14-21(2)3)29(33)32(33)16-23(18-34-20-32)31(39)36-12-13-40-24(19-36)15-22-9-10-22/h5-8,21-25,29,34H,4,9-20H2,1-3H3/t23-,24?,25?,29?,32-,33?/m1/s1. The number of imidazole rings is 1. The lowest BCUT2D eigenvalue weighted by Crippen LogP contribution is -2.53. The van der Waals surface area contributed by atoms with E-state index in [1.165, 1.54) is 12.8 Å². The largest absolute Gasteiger partial charge is 0.375 e. The maximum absolute atomic E-state index is 14.0. The molecule has 1 N–H and O–H groups in total. The van der Waals surface area contributed by atoms with Gasteiger partial charge in [-0.3, -0.25) is 9.59 Å². The van der Waals surface area contributed by atoms with Gasteiger partial charge in [-0.2, -0.15) is 0 Å². The van der Waals surface area contributed by atoms with Crippen molar-refractivity contribution < 1.29 is 14.3 Å². The number of hydrogen-bond acceptors (Lipinski definition) is 5. The molecule has 0 bridgehead atoms. The lowest BCUT2D eigenvalue weighted by atomic mass is 9.70. The molecule has 2 aliphatic heterocycles. The van der Waals surface area contributed by atoms with Crippen LogP contribution in [0.15, 0.2) is 24.3 Å². The number of carbonyl (C=O) groups is 2. The van der Waals surface area contributed by atoms with Gasteiger partial charge < -0.3 is 19.5 Å². The second kappa shape index (κ2) is 9.94. The van der Waals surface area contributed by atoms with E-state index in [0.29, 0.717) is 49.1 Å². The number of nitrogens with one attached hydrogen (secondary N) is 1. The van der Waals surface area contributed by atoms with Gasteiger partial charge >= 0.3 is 0 Å². The first-order valence-corrected chi connectivity index (χ1v) is 16.0. The molecule has 2 saturated heterocycles. The molecule has 7 heteroatoms. The molecule has 1 aromatic carbocycles. The minimum atomic E-state index is -0.00225. The van der Waals surface area contributed by atoms with Gasteiger partial charge in [0.05, 0.1) is 29.7 Å². The maximum atomic E-state index is 14.0. The van der Waals surface area contributed by atoms with E-state index in [2.05, 4.69) is 41.6 Å². The molecule has 7 rings (SSSR count). The highest BCUT2D eigenvalue weighted by molar-refractivity contribution is 5.97. The van der Waals surface area contributed by atoms with Crippen LogP contribution in [0.5, 0.6) is 0 Å². The first kappa shape index (κ1) is 26.6. The monoisotopic (exact) mass is 546 g/mol. The zero-order valence-electron chi connectivity index (χ0n) is 24.5. The number of fused-ring (bicyclic) bond motifs is 4. The summed E-state index contributed by atoms with van der Waals surface area (Å²) in [6, 6.07) is 8.12. The molecule has 1 aromatic heterocycles. The number of nitrogens with zero attached hydrogens (tertiary/aromatic N) is 3. The van der Waals surface area contributed by atoms with Crippen molar-refractivity contribution in [2.75, 3.05) is 32.8 Å². The predicted molar refractivity (Wildman–Crippen MR) is 155 cm³/mol. The van der Waals surface area contributed by atoms with Crippen molar-refractivity contribution >= 4 is 22.7 Å². The van der Waals surface area contributed by atoms with Crippen LogP contribution in [0.25, 0.3) is 11.0 Å². The number of amides is 1. The zero-order valence-corrected chi connectivity index (χ0v) is 24.5. The molecule has 5 fully saturated rings. The number of hydrogen-bond donors (Lipinski definition) is 1. The summed E-state index contributed by atoms with van der Waals surface area (Å²) in [4.78, 5) is 34.8. The third-order valence-electron chi connectivity index (χ3n) is 11.0. The number of ether oxygens (including phenoxy) is 1. The molecule has 6 atom stereocenters. The Labute approximate surface area is 238 Å². The zero-order chi connectivity index (χ0) is 27.6. The van der Waals surface area contributed by atoms with Crippen LogP contribution >= 0.6 is 0 Å². The Hall–Kier alpha value is -2.25. The number of Topliss-reactive ketones (excluding diaryl/α,β-unsaturated/α-hetero) is 1. The summed E-state index contributed by atoms with van der Waals surface area (Å²) in [5.41, 5.74) is 2.05. The summed E-state index contributed by atoms with van der Waals surface area (Å²) in [5, 5.41) is 3.68. The molecule has 3 heterocycles. The Morgan fingerprint density at radius 2 is 2.05 bits per heavy atom. The molecular weight excluding hydrogens is 500 g/mol. The molecule has 216 valence electrons. The number of para-hydroxylation sites is 2. The summed E-state index contributed by atoms with van der Waals surface area (Å²) in [6.07, 6.45) is 7.54. The van der Waals surface area contributed by atoms with Crippen LogP contribution in [0.2, 0.25) is 0 Å². The van der Waals surface area contributed by atoms with E-state index >= 15 is 0 Å². The summed E-state index contributed by atoms with van der Waals surface area (Å²) < 4.78 is 8.16. The third kappa shape index (κ3) is 4.25. The van der Waals surface area contributed by atoms with Crippen LogP contribution < -0.4 is 5.32 Å². The minimum absolute atomic E-state index is 0.00225. The molecule has 4 unspecified atom stereocenters. The van der Waals surface area contributed by atoms with E-state index in [9.17, 15) is 9.59 Å². The highest BCUT2D eigenvalue weighted by Gasteiger charge is 2.93. The summed E-state index contributed by atoms with van der Waals surface area (Å²) >= 11 is 0. The van der Waals surface area contributed by atoms with Gasteiger partial charge in [-0.1, -0.05) is 45.7 Å². The van der Waals surface area contributed by atoms with Gasteiger partial charge in [0.25, 0.3) is 0 Å². The highest BCUT2D eigenvalue weighted by atomic mass is 16.5. The molecule has 1 spiro atoms. The van der Waals surface area contributed by atoms with E-state index < -0.39 is 0 Å². The molecule has 2 aromatic rings. The second-order valence-electron chi connectivity index (χ2n) is 14.1. The normalized spacial score (nSPS) is 34.9. The molecule has 3 aliphatic carbocycles. The SMILES string of the molecule is CCCn1c(C(=O)CC23C(CC(C)C)C2[C@@]32CNC[C@H](C(=O)N3CCOC(CC4CC4)C3)C2)nc2ccccc21. The Morgan fingerprint density at radius 3 is 2.83 bits per heavy atom. The third-order valence-corrected chi connectivity index (χ3v) is 11.0. The Kier molecular flexibility index (Phi) is 6.62. The number of ketones is 1. The number of piperidine rings is 1. The van der Waals surface area contributed by atoms with Crippen molar-refractivity contribution in [3.8, 4) is 0 Å². The maximum Gasteiger partial charge on any atom is 0.227 e. The molecule has 3 saturated carbocycles. The van der Waals surface area contributed by atoms with E-state index in [1.807, 2.05) is 18.2 Å². The van der Waals surface area contributed by atoms with Crippen LogP contribution in [-0.2, 0) is 16.1 Å². The molecule has 7 nitrogen and oxygen atoms in total. The second-order valence-corrected chi connectivity index (χ2v) is 14.1. The number of aryl methyl sites for hydroxylation is 1. The number of benzene rings is 1. The van der Waals surface area contributed by atoms with E-state index in [1.54, 1.807) is 0 Å². The molecule has 0 radical (unpaired) electrons. The molecular formula is C33H46N4O3. The number of morpholine rings is 1. The number of carbonyl (C=O) groups excluding carboxylic acids is 2. The summed E-state index contributed by atoms with van der Waals surface area (Å²) in [6.45, 7) is 11.3. The van der Waals surface area contributed by atoms with Crippen LogP contribution in [0.3, 0.4) is 0 Å². The van der Waals surface area contributed by atoms with Crippen molar-refractivity contribution in [3.05, 3.63) is 30.1 Å². The van der Waals surface area contributed by atoms with Gasteiger partial charge in [0, 0.05) is 39.1 Å². The Balaban J connectivity index is 1.10. The molecule has 40 heavy (non-hydrogen) atoms. The van der Waals surface area contributed by atoms with Gasteiger partial charge in [-0.05, 0) is 72.3 Å². The average Bonchev–Trinajstić information content (AvgIpc) is 3.90. The van der Waals surface area contributed by atoms with Gasteiger partial charge in [-0.15, -0.1) is 0 Å². The average molecular weight is 547 g/mol. The van der Waals surface area contributed by atoms with Crippen LogP contribution in [0.4, 0.5) is 0 Å². The van der Waals surface area contributed by atoms with Crippen molar-refractivity contribution in [2.45, 2.75) is 78.4 Å². The van der Waals surface area contributed by atoms with Crippen molar-refractivity contribution in [1.82, 2.24) is 19.8 Å². The Morgan fingerprint density at radius 1 is 1.23 bits per heavy atom. The van der Waals surface area contributed by atoms with Crippen molar-refractivity contribution in [2.24, 2.45) is 40.4 Å². The van der Waals surface area contributed by atoms with Crippen LogP contribution in [0.1, 0.15) is 76.3 Å². The fraction of sp³-hybridized carbons (Fsp3) is 0.727. The topological polar surface area (TPSA) is 76.5 Å². The van der Waals surface area contributed by atoms with E-state index in [4.69, 9.17) is 9.72 Å². The fourth-order valence-corrected chi connectivity index (χ4v) is 9.13. The first-order valence-electron chi connectivity index (χ1n) is 16.0. The van der Waals surface area contributed by atoms with Crippen molar-refractivity contribution in [1.29, 1.82) is 0 Å². The van der Waals surface area contributed by atoms with Crippen LogP contribution in [0, 0.1) is 40.4 Å². The van der Waals surface area contributed by atoms with Gasteiger partial charge in [-0.25, -0.2) is 4.98 Å². The van der Waals surface area contributed by atoms with Crippen LogP contribution in [-0.4, -0.2) is 65.0 Å². The van der Waals surface area contributed by atoms with Gasteiger partial charge in [0.15, 0.2) is 11.6 Å². The minimum Gasteiger partial charge on any atom is -0.375 e.